The van der Waals surface area contributed by atoms with E-state index in [0.29, 0.717) is 5.91 Å². The minimum atomic E-state index is -0.0921. The van der Waals surface area contributed by atoms with Gasteiger partial charge in [0.25, 0.3) is 0 Å². The Labute approximate surface area is 130 Å². The van der Waals surface area contributed by atoms with Gasteiger partial charge in [-0.3, -0.25) is 4.79 Å². The highest BCUT2D eigenvalue weighted by atomic mass is 16.2. The highest BCUT2D eigenvalue weighted by Crippen LogP contribution is 2.34. The standard InChI is InChI=1S/C17H33N3O/c1-2-7-17(8-11-18-12-9-17)16(21)19-10-6-15-20-13-4-3-5-14-20/h18H,2-15H2,1H3,(H,19,21). The number of amides is 1. The van der Waals surface area contributed by atoms with Crippen molar-refractivity contribution in [3.63, 3.8) is 0 Å². The number of likely N-dealkylation sites (tertiary alicyclic amines) is 1. The molecule has 2 aliphatic rings. The Hall–Kier alpha value is -0.610. The van der Waals surface area contributed by atoms with Crippen LogP contribution in [0.15, 0.2) is 0 Å². The minimum absolute atomic E-state index is 0.0921. The molecule has 0 aromatic rings. The highest BCUT2D eigenvalue weighted by molar-refractivity contribution is 5.82. The van der Waals surface area contributed by atoms with E-state index in [2.05, 4.69) is 22.5 Å². The molecule has 0 unspecified atom stereocenters. The van der Waals surface area contributed by atoms with Gasteiger partial charge in [0.2, 0.25) is 5.91 Å². The summed E-state index contributed by atoms with van der Waals surface area (Å²) < 4.78 is 0. The molecule has 2 rings (SSSR count). The molecular weight excluding hydrogens is 262 g/mol. The van der Waals surface area contributed by atoms with Crippen LogP contribution in [-0.4, -0.2) is 50.1 Å². The first-order valence-electron chi connectivity index (χ1n) is 8.98. The molecule has 4 heteroatoms. The fourth-order valence-corrected chi connectivity index (χ4v) is 3.85. The van der Waals surface area contributed by atoms with Crippen LogP contribution in [0.4, 0.5) is 0 Å². The van der Waals surface area contributed by atoms with Gasteiger partial charge < -0.3 is 15.5 Å². The predicted octanol–water partition coefficient (Wildman–Crippen LogP) is 2.15. The van der Waals surface area contributed by atoms with Gasteiger partial charge in [0.1, 0.15) is 0 Å². The summed E-state index contributed by atoms with van der Waals surface area (Å²) in [6.07, 6.45) is 9.30. The molecule has 0 aromatic heterocycles. The molecule has 0 saturated carbocycles. The summed E-state index contributed by atoms with van der Waals surface area (Å²) in [5.41, 5.74) is -0.0921. The van der Waals surface area contributed by atoms with Gasteiger partial charge in [-0.1, -0.05) is 19.8 Å². The van der Waals surface area contributed by atoms with Gasteiger partial charge in [-0.2, -0.15) is 0 Å². The lowest BCUT2D eigenvalue weighted by molar-refractivity contribution is -0.133. The normalized spacial score (nSPS) is 22.9. The first-order chi connectivity index (χ1) is 10.3. The van der Waals surface area contributed by atoms with Gasteiger partial charge in [-0.15, -0.1) is 0 Å². The number of piperidine rings is 2. The van der Waals surface area contributed by atoms with Crippen LogP contribution in [0.3, 0.4) is 0 Å². The van der Waals surface area contributed by atoms with E-state index in [1.54, 1.807) is 0 Å². The van der Waals surface area contributed by atoms with Crippen molar-refractivity contribution in [3.8, 4) is 0 Å². The lowest BCUT2D eigenvalue weighted by Crippen LogP contribution is -2.48. The monoisotopic (exact) mass is 295 g/mol. The summed E-state index contributed by atoms with van der Waals surface area (Å²) in [7, 11) is 0. The average molecular weight is 295 g/mol. The smallest absolute Gasteiger partial charge is 0.226 e. The lowest BCUT2D eigenvalue weighted by atomic mass is 9.74. The van der Waals surface area contributed by atoms with Crippen molar-refractivity contribution in [2.75, 3.05) is 39.3 Å². The van der Waals surface area contributed by atoms with Crippen molar-refractivity contribution in [1.82, 2.24) is 15.5 Å². The topological polar surface area (TPSA) is 44.4 Å². The number of carbonyl (C=O) groups excluding carboxylic acids is 1. The van der Waals surface area contributed by atoms with Crippen molar-refractivity contribution in [2.24, 2.45) is 5.41 Å². The molecule has 1 amide bonds. The number of hydrogen-bond acceptors (Lipinski definition) is 3. The van der Waals surface area contributed by atoms with Crippen molar-refractivity contribution in [3.05, 3.63) is 0 Å². The van der Waals surface area contributed by atoms with Gasteiger partial charge >= 0.3 is 0 Å². The lowest BCUT2D eigenvalue weighted by Gasteiger charge is -2.36. The maximum Gasteiger partial charge on any atom is 0.226 e. The van der Waals surface area contributed by atoms with Gasteiger partial charge in [0.15, 0.2) is 0 Å². The van der Waals surface area contributed by atoms with Crippen LogP contribution < -0.4 is 10.6 Å². The Morgan fingerprint density at radius 1 is 1.19 bits per heavy atom. The van der Waals surface area contributed by atoms with E-state index >= 15 is 0 Å². The molecular formula is C17H33N3O. The molecule has 21 heavy (non-hydrogen) atoms. The zero-order valence-corrected chi connectivity index (χ0v) is 13.8. The summed E-state index contributed by atoms with van der Waals surface area (Å²) in [6.45, 7) is 8.64. The number of rotatable bonds is 7. The number of nitrogens with one attached hydrogen (secondary N) is 2. The van der Waals surface area contributed by atoms with Crippen molar-refractivity contribution < 1.29 is 4.79 Å². The first kappa shape index (κ1) is 16.8. The number of nitrogens with zero attached hydrogens (tertiary/aromatic N) is 1. The van der Waals surface area contributed by atoms with Crippen molar-refractivity contribution >= 4 is 5.91 Å². The van der Waals surface area contributed by atoms with E-state index in [9.17, 15) is 4.79 Å². The van der Waals surface area contributed by atoms with Crippen LogP contribution in [0.5, 0.6) is 0 Å². The molecule has 2 heterocycles. The summed E-state index contributed by atoms with van der Waals surface area (Å²) in [4.78, 5) is 15.2. The van der Waals surface area contributed by atoms with E-state index in [4.69, 9.17) is 0 Å². The third-order valence-corrected chi connectivity index (χ3v) is 5.16. The number of carbonyl (C=O) groups is 1. The molecule has 0 bridgehead atoms. The largest absolute Gasteiger partial charge is 0.356 e. The molecule has 2 fully saturated rings. The van der Waals surface area contributed by atoms with Gasteiger partial charge in [-0.25, -0.2) is 0 Å². The second-order valence-corrected chi connectivity index (χ2v) is 6.79. The summed E-state index contributed by atoms with van der Waals surface area (Å²) in [6, 6.07) is 0. The zero-order chi connectivity index (χ0) is 15.0. The second kappa shape index (κ2) is 8.74. The summed E-state index contributed by atoms with van der Waals surface area (Å²) >= 11 is 0. The average Bonchev–Trinajstić information content (AvgIpc) is 2.53. The van der Waals surface area contributed by atoms with E-state index in [-0.39, 0.29) is 5.41 Å². The Morgan fingerprint density at radius 2 is 1.90 bits per heavy atom. The molecule has 0 atom stereocenters. The Morgan fingerprint density at radius 3 is 2.57 bits per heavy atom. The molecule has 122 valence electrons. The summed E-state index contributed by atoms with van der Waals surface area (Å²) in [5, 5.41) is 6.60. The SMILES string of the molecule is CCCC1(C(=O)NCCCN2CCCCC2)CCNCC1. The van der Waals surface area contributed by atoms with Crippen LogP contribution in [0.25, 0.3) is 0 Å². The first-order valence-corrected chi connectivity index (χ1v) is 8.98. The van der Waals surface area contributed by atoms with Crippen molar-refractivity contribution in [2.45, 2.75) is 58.3 Å². The van der Waals surface area contributed by atoms with Crippen LogP contribution in [-0.2, 0) is 4.79 Å². The van der Waals surface area contributed by atoms with Gasteiger partial charge in [0, 0.05) is 6.54 Å². The van der Waals surface area contributed by atoms with Crippen LogP contribution in [0.1, 0.15) is 58.3 Å². The van der Waals surface area contributed by atoms with Gasteiger partial charge in [-0.05, 0) is 71.2 Å². The van der Waals surface area contributed by atoms with E-state index < -0.39 is 0 Å². The Bertz CT molecular complexity index is 302. The Balaban J connectivity index is 1.69. The molecule has 0 aromatic carbocycles. The van der Waals surface area contributed by atoms with E-state index in [1.807, 2.05) is 0 Å². The summed E-state index contributed by atoms with van der Waals surface area (Å²) in [5.74, 6) is 0.310. The maximum absolute atomic E-state index is 12.6. The molecule has 2 saturated heterocycles. The highest BCUT2D eigenvalue weighted by Gasteiger charge is 2.38. The van der Waals surface area contributed by atoms with E-state index in [1.165, 1.54) is 32.4 Å². The molecule has 0 spiro atoms. The minimum Gasteiger partial charge on any atom is -0.356 e. The molecule has 0 aliphatic carbocycles. The molecule has 2 N–H and O–H groups in total. The van der Waals surface area contributed by atoms with Crippen molar-refractivity contribution in [1.29, 1.82) is 0 Å². The molecule has 0 radical (unpaired) electrons. The fourth-order valence-electron chi connectivity index (χ4n) is 3.85. The van der Waals surface area contributed by atoms with E-state index in [0.717, 1.165) is 58.3 Å². The maximum atomic E-state index is 12.6. The van der Waals surface area contributed by atoms with Gasteiger partial charge in [0.05, 0.1) is 5.41 Å². The molecule has 2 aliphatic heterocycles. The molecule has 4 nitrogen and oxygen atoms in total. The van der Waals surface area contributed by atoms with Crippen LogP contribution in [0.2, 0.25) is 0 Å². The Kier molecular flexibility index (Phi) is 6.97. The third kappa shape index (κ3) is 4.96. The number of hydrogen-bond donors (Lipinski definition) is 2. The van der Waals surface area contributed by atoms with Crippen LogP contribution in [0, 0.1) is 5.41 Å². The predicted molar refractivity (Wildman–Crippen MR) is 87.4 cm³/mol. The third-order valence-electron chi connectivity index (χ3n) is 5.16. The second-order valence-electron chi connectivity index (χ2n) is 6.79. The fraction of sp³-hybridized carbons (Fsp3) is 0.941. The quantitative estimate of drug-likeness (QED) is 0.707. The zero-order valence-electron chi connectivity index (χ0n) is 13.8. The van der Waals surface area contributed by atoms with Crippen LogP contribution >= 0.6 is 0 Å².